The number of benzene rings is 3. The Morgan fingerprint density at radius 3 is 2.17 bits per heavy atom. The molecular formula is C29H32Cl3N3O4S. The summed E-state index contributed by atoms with van der Waals surface area (Å²) in [5.41, 5.74) is 0.906. The van der Waals surface area contributed by atoms with Crippen molar-refractivity contribution in [1.82, 2.24) is 10.2 Å². The quantitative estimate of drug-likeness (QED) is 0.218. The maximum absolute atomic E-state index is 14.0. The lowest BCUT2D eigenvalue weighted by Gasteiger charge is -2.33. The molecule has 0 aliphatic heterocycles. The molecule has 7 nitrogen and oxygen atoms in total. The van der Waals surface area contributed by atoms with Gasteiger partial charge in [-0.05, 0) is 60.9 Å². The van der Waals surface area contributed by atoms with Crippen LogP contribution in [0.2, 0.25) is 15.1 Å². The summed E-state index contributed by atoms with van der Waals surface area (Å²) in [4.78, 5) is 28.6. The van der Waals surface area contributed by atoms with Crippen molar-refractivity contribution in [3.63, 3.8) is 0 Å². The van der Waals surface area contributed by atoms with E-state index in [9.17, 15) is 18.0 Å². The Kier molecular flexibility index (Phi) is 11.7. The van der Waals surface area contributed by atoms with Gasteiger partial charge in [0.25, 0.3) is 10.0 Å². The first kappa shape index (κ1) is 31.7. The lowest BCUT2D eigenvalue weighted by molar-refractivity contribution is -0.140. The SMILES string of the molecule is CCCCNC(=O)C(CC)N(Cc1ccc(Cl)cc1)C(=O)CN(c1ccc(Cl)c(Cl)c1)S(=O)(=O)c1ccccc1. The smallest absolute Gasteiger partial charge is 0.264 e. The molecule has 0 aliphatic carbocycles. The van der Waals surface area contributed by atoms with E-state index in [4.69, 9.17) is 34.8 Å². The van der Waals surface area contributed by atoms with Gasteiger partial charge in [-0.2, -0.15) is 0 Å². The van der Waals surface area contributed by atoms with Gasteiger partial charge in [0.15, 0.2) is 0 Å². The summed E-state index contributed by atoms with van der Waals surface area (Å²) in [7, 11) is -4.19. The Balaban J connectivity index is 2.04. The molecule has 3 rings (SSSR count). The van der Waals surface area contributed by atoms with Gasteiger partial charge in [-0.15, -0.1) is 0 Å². The van der Waals surface area contributed by atoms with E-state index in [1.165, 1.54) is 35.2 Å². The summed E-state index contributed by atoms with van der Waals surface area (Å²) < 4.78 is 28.6. The number of nitrogens with zero attached hydrogens (tertiary/aromatic N) is 2. The van der Waals surface area contributed by atoms with E-state index >= 15 is 0 Å². The van der Waals surface area contributed by atoms with E-state index in [1.807, 2.05) is 13.8 Å². The molecule has 0 bridgehead atoms. The highest BCUT2D eigenvalue weighted by molar-refractivity contribution is 7.92. The number of anilines is 1. The molecule has 0 aromatic heterocycles. The van der Waals surface area contributed by atoms with E-state index in [-0.39, 0.29) is 33.1 Å². The molecule has 0 aliphatic rings. The summed E-state index contributed by atoms with van der Waals surface area (Å²) in [5.74, 6) is -0.858. The van der Waals surface area contributed by atoms with Gasteiger partial charge in [-0.1, -0.05) is 85.4 Å². The summed E-state index contributed by atoms with van der Waals surface area (Å²) >= 11 is 18.4. The lowest BCUT2D eigenvalue weighted by Crippen LogP contribution is -2.52. The largest absolute Gasteiger partial charge is 0.354 e. The molecular weight excluding hydrogens is 593 g/mol. The Morgan fingerprint density at radius 2 is 1.57 bits per heavy atom. The van der Waals surface area contributed by atoms with Gasteiger partial charge in [0.1, 0.15) is 12.6 Å². The van der Waals surface area contributed by atoms with Crippen molar-refractivity contribution >= 4 is 62.3 Å². The number of nitrogens with one attached hydrogen (secondary N) is 1. The fourth-order valence-corrected chi connectivity index (χ4v) is 5.95. The van der Waals surface area contributed by atoms with E-state index in [0.717, 1.165) is 22.7 Å². The van der Waals surface area contributed by atoms with Gasteiger partial charge in [0, 0.05) is 18.1 Å². The summed E-state index contributed by atoms with van der Waals surface area (Å²) in [6.07, 6.45) is 2.03. The highest BCUT2D eigenvalue weighted by atomic mass is 35.5. The van der Waals surface area contributed by atoms with Crippen LogP contribution in [0.4, 0.5) is 5.69 Å². The molecule has 0 saturated carbocycles. The molecule has 40 heavy (non-hydrogen) atoms. The van der Waals surface area contributed by atoms with Crippen molar-refractivity contribution in [3.05, 3.63) is 93.4 Å². The predicted octanol–water partition coefficient (Wildman–Crippen LogP) is 6.57. The van der Waals surface area contributed by atoms with Crippen LogP contribution in [0.15, 0.2) is 77.7 Å². The molecule has 0 fully saturated rings. The van der Waals surface area contributed by atoms with Crippen molar-refractivity contribution < 1.29 is 18.0 Å². The maximum Gasteiger partial charge on any atom is 0.264 e. The molecule has 0 radical (unpaired) electrons. The first-order valence-electron chi connectivity index (χ1n) is 12.9. The fraction of sp³-hybridized carbons (Fsp3) is 0.310. The number of amides is 2. The number of unbranched alkanes of at least 4 members (excludes halogenated alkanes) is 1. The lowest BCUT2D eigenvalue weighted by atomic mass is 10.1. The van der Waals surface area contributed by atoms with Gasteiger partial charge in [0.2, 0.25) is 11.8 Å². The van der Waals surface area contributed by atoms with E-state index < -0.39 is 28.5 Å². The van der Waals surface area contributed by atoms with Gasteiger partial charge in [-0.3, -0.25) is 13.9 Å². The molecule has 1 atom stereocenters. The minimum Gasteiger partial charge on any atom is -0.354 e. The third-order valence-electron chi connectivity index (χ3n) is 6.28. The Hall–Kier alpha value is -2.78. The second-order valence-electron chi connectivity index (χ2n) is 9.14. The molecule has 0 spiro atoms. The van der Waals surface area contributed by atoms with Crippen LogP contribution >= 0.6 is 34.8 Å². The molecule has 3 aromatic carbocycles. The number of carbonyl (C=O) groups is 2. The van der Waals surface area contributed by atoms with Gasteiger partial charge in [-0.25, -0.2) is 8.42 Å². The number of carbonyl (C=O) groups excluding carboxylic acids is 2. The van der Waals surface area contributed by atoms with Crippen molar-refractivity contribution in [3.8, 4) is 0 Å². The first-order valence-corrected chi connectivity index (χ1v) is 15.5. The Bertz CT molecular complexity index is 1400. The van der Waals surface area contributed by atoms with Crippen molar-refractivity contribution in [2.24, 2.45) is 0 Å². The molecule has 1 N–H and O–H groups in total. The van der Waals surface area contributed by atoms with E-state index in [1.54, 1.807) is 42.5 Å². The molecule has 0 saturated heterocycles. The average Bonchev–Trinajstić information content (AvgIpc) is 2.94. The third kappa shape index (κ3) is 8.13. The number of rotatable bonds is 13. The van der Waals surface area contributed by atoms with Gasteiger partial charge in [0.05, 0.1) is 20.6 Å². The fourth-order valence-electron chi connectivity index (χ4n) is 4.10. The van der Waals surface area contributed by atoms with Gasteiger partial charge >= 0.3 is 0 Å². The Labute approximate surface area is 251 Å². The zero-order valence-corrected chi connectivity index (χ0v) is 25.4. The molecule has 1 unspecified atom stereocenters. The minimum absolute atomic E-state index is 0.00229. The van der Waals surface area contributed by atoms with Crippen LogP contribution in [0.5, 0.6) is 0 Å². The van der Waals surface area contributed by atoms with Gasteiger partial charge < -0.3 is 10.2 Å². The van der Waals surface area contributed by atoms with Crippen LogP contribution in [0.1, 0.15) is 38.7 Å². The van der Waals surface area contributed by atoms with E-state index in [2.05, 4.69) is 5.32 Å². The zero-order valence-electron chi connectivity index (χ0n) is 22.3. The molecule has 3 aromatic rings. The summed E-state index contributed by atoms with van der Waals surface area (Å²) in [6, 6.07) is 18.3. The number of halogens is 3. The molecule has 2 amide bonds. The highest BCUT2D eigenvalue weighted by Gasteiger charge is 2.33. The summed E-state index contributed by atoms with van der Waals surface area (Å²) in [6.45, 7) is 3.82. The Morgan fingerprint density at radius 1 is 0.900 bits per heavy atom. The molecule has 214 valence electrons. The highest BCUT2D eigenvalue weighted by Crippen LogP contribution is 2.31. The second kappa shape index (κ2) is 14.7. The van der Waals surface area contributed by atoms with E-state index in [0.29, 0.717) is 18.0 Å². The third-order valence-corrected chi connectivity index (χ3v) is 9.06. The summed E-state index contributed by atoms with van der Waals surface area (Å²) in [5, 5.41) is 3.82. The number of hydrogen-bond acceptors (Lipinski definition) is 4. The maximum atomic E-state index is 14.0. The zero-order chi connectivity index (χ0) is 29.3. The second-order valence-corrected chi connectivity index (χ2v) is 12.3. The van der Waals surface area contributed by atoms with Crippen molar-refractivity contribution in [1.29, 1.82) is 0 Å². The molecule has 0 heterocycles. The first-order chi connectivity index (χ1) is 19.1. The monoisotopic (exact) mass is 623 g/mol. The van der Waals surface area contributed by atoms with Crippen LogP contribution in [0.3, 0.4) is 0 Å². The number of sulfonamides is 1. The predicted molar refractivity (Wildman–Crippen MR) is 161 cm³/mol. The normalized spacial score (nSPS) is 12.0. The molecule has 11 heteroatoms. The minimum atomic E-state index is -4.19. The van der Waals surface area contributed by atoms with Crippen LogP contribution < -0.4 is 9.62 Å². The van der Waals surface area contributed by atoms with Crippen molar-refractivity contribution in [2.45, 2.75) is 50.6 Å². The standard InChI is InChI=1S/C29H32Cl3N3O4S/c1-3-5-17-33-29(37)27(4-2)34(19-21-11-13-22(30)14-12-21)28(36)20-35(23-15-16-25(31)26(32)18-23)40(38,39)24-9-7-6-8-10-24/h6-16,18,27H,3-5,17,19-20H2,1-2H3,(H,33,37). The average molecular weight is 625 g/mol. The topological polar surface area (TPSA) is 86.8 Å². The van der Waals surface area contributed by atoms with Crippen LogP contribution in [-0.2, 0) is 26.2 Å². The number of hydrogen-bond donors (Lipinski definition) is 1. The van der Waals surface area contributed by atoms with Crippen LogP contribution in [0.25, 0.3) is 0 Å². The van der Waals surface area contributed by atoms with Crippen LogP contribution in [-0.4, -0.2) is 44.3 Å². The van der Waals surface area contributed by atoms with Crippen molar-refractivity contribution in [2.75, 3.05) is 17.4 Å². The van der Waals surface area contributed by atoms with Crippen LogP contribution in [0, 0.1) is 0 Å².